The zero-order valence-electron chi connectivity index (χ0n) is 10.8. The standard InChI is InChI=1S/C16H15NO2/c1-11-8-14(6-7-15(11)16(18)19)17-9-12-4-2-3-5-13(12)10-17/h2-8H,9-10H2,1H3,(H,18,19). The second kappa shape index (κ2) is 4.43. The van der Waals surface area contributed by atoms with Gasteiger partial charge in [-0.2, -0.15) is 0 Å². The molecule has 0 fully saturated rings. The topological polar surface area (TPSA) is 40.5 Å². The third kappa shape index (κ3) is 2.08. The maximum absolute atomic E-state index is 11.0. The highest BCUT2D eigenvalue weighted by molar-refractivity contribution is 5.89. The fourth-order valence-corrected chi connectivity index (χ4v) is 2.60. The fraction of sp³-hybridized carbons (Fsp3) is 0.188. The Morgan fingerprint density at radius 2 is 1.74 bits per heavy atom. The summed E-state index contributed by atoms with van der Waals surface area (Å²) in [7, 11) is 0. The third-order valence-corrected chi connectivity index (χ3v) is 3.65. The van der Waals surface area contributed by atoms with Crippen LogP contribution in [-0.4, -0.2) is 11.1 Å². The van der Waals surface area contributed by atoms with E-state index in [4.69, 9.17) is 5.11 Å². The molecule has 0 aromatic heterocycles. The number of hydrogen-bond donors (Lipinski definition) is 1. The summed E-state index contributed by atoms with van der Waals surface area (Å²) in [5, 5.41) is 9.05. The highest BCUT2D eigenvalue weighted by Crippen LogP contribution is 2.29. The zero-order valence-corrected chi connectivity index (χ0v) is 10.8. The molecule has 3 nitrogen and oxygen atoms in total. The predicted molar refractivity (Wildman–Crippen MR) is 74.5 cm³/mol. The minimum absolute atomic E-state index is 0.375. The van der Waals surface area contributed by atoms with Gasteiger partial charge in [0.25, 0.3) is 0 Å². The van der Waals surface area contributed by atoms with Crippen LogP contribution in [0.15, 0.2) is 42.5 Å². The Bertz CT molecular complexity index is 624. The first kappa shape index (κ1) is 11.8. The Hall–Kier alpha value is -2.29. The van der Waals surface area contributed by atoms with E-state index in [0.29, 0.717) is 5.56 Å². The van der Waals surface area contributed by atoms with Gasteiger partial charge in [-0.15, -0.1) is 0 Å². The zero-order chi connectivity index (χ0) is 13.4. The molecule has 0 saturated heterocycles. The smallest absolute Gasteiger partial charge is 0.335 e. The summed E-state index contributed by atoms with van der Waals surface area (Å²) in [6, 6.07) is 13.9. The van der Waals surface area contributed by atoms with Crippen molar-refractivity contribution in [2.45, 2.75) is 20.0 Å². The van der Waals surface area contributed by atoms with Crippen LogP contribution in [-0.2, 0) is 13.1 Å². The number of hydrogen-bond acceptors (Lipinski definition) is 2. The van der Waals surface area contributed by atoms with Crippen molar-refractivity contribution in [2.75, 3.05) is 4.90 Å². The summed E-state index contributed by atoms with van der Waals surface area (Å²) in [5.41, 5.74) is 4.96. The second-order valence-corrected chi connectivity index (χ2v) is 4.93. The average Bonchev–Trinajstić information content (AvgIpc) is 2.81. The Labute approximate surface area is 112 Å². The van der Waals surface area contributed by atoms with Crippen LogP contribution in [0.2, 0.25) is 0 Å². The molecule has 0 saturated carbocycles. The highest BCUT2D eigenvalue weighted by Gasteiger charge is 2.19. The van der Waals surface area contributed by atoms with Crippen LogP contribution in [0.5, 0.6) is 0 Å². The maximum Gasteiger partial charge on any atom is 0.335 e. The predicted octanol–water partition coefficient (Wildman–Crippen LogP) is 3.21. The van der Waals surface area contributed by atoms with E-state index in [1.165, 1.54) is 11.1 Å². The molecule has 0 spiro atoms. The molecule has 0 atom stereocenters. The number of carboxylic acid groups (broad SMARTS) is 1. The first-order chi connectivity index (χ1) is 9.15. The number of benzene rings is 2. The molecule has 0 amide bonds. The molecule has 0 unspecified atom stereocenters. The van der Waals surface area contributed by atoms with E-state index < -0.39 is 5.97 Å². The molecule has 2 aromatic rings. The summed E-state index contributed by atoms with van der Waals surface area (Å²) in [4.78, 5) is 13.3. The van der Waals surface area contributed by atoms with Crippen molar-refractivity contribution in [3.05, 3.63) is 64.7 Å². The molecule has 19 heavy (non-hydrogen) atoms. The normalized spacial score (nSPS) is 13.4. The maximum atomic E-state index is 11.0. The number of carbonyl (C=O) groups is 1. The highest BCUT2D eigenvalue weighted by atomic mass is 16.4. The van der Waals surface area contributed by atoms with Crippen molar-refractivity contribution in [1.82, 2.24) is 0 Å². The van der Waals surface area contributed by atoms with Gasteiger partial charge >= 0.3 is 5.97 Å². The van der Waals surface area contributed by atoms with Gasteiger partial charge < -0.3 is 10.0 Å². The van der Waals surface area contributed by atoms with Gasteiger partial charge in [-0.05, 0) is 41.8 Å². The van der Waals surface area contributed by atoms with E-state index in [0.717, 1.165) is 24.3 Å². The monoisotopic (exact) mass is 253 g/mol. The molecule has 0 aliphatic carbocycles. The van der Waals surface area contributed by atoms with Gasteiger partial charge in [0.2, 0.25) is 0 Å². The Morgan fingerprint density at radius 3 is 2.26 bits per heavy atom. The Kier molecular flexibility index (Phi) is 2.75. The van der Waals surface area contributed by atoms with Crippen LogP contribution < -0.4 is 4.90 Å². The lowest BCUT2D eigenvalue weighted by atomic mass is 10.1. The molecular weight excluding hydrogens is 238 g/mol. The van der Waals surface area contributed by atoms with Crippen molar-refractivity contribution in [3.8, 4) is 0 Å². The van der Waals surface area contributed by atoms with Crippen molar-refractivity contribution < 1.29 is 9.90 Å². The van der Waals surface area contributed by atoms with E-state index >= 15 is 0 Å². The molecule has 3 rings (SSSR count). The van der Waals surface area contributed by atoms with E-state index in [9.17, 15) is 4.79 Å². The lowest BCUT2D eigenvalue weighted by molar-refractivity contribution is 0.0696. The van der Waals surface area contributed by atoms with Crippen molar-refractivity contribution in [1.29, 1.82) is 0 Å². The lowest BCUT2D eigenvalue weighted by Crippen LogP contribution is -2.15. The van der Waals surface area contributed by atoms with Crippen LogP contribution >= 0.6 is 0 Å². The largest absolute Gasteiger partial charge is 0.478 e. The molecule has 1 heterocycles. The minimum Gasteiger partial charge on any atom is -0.478 e. The molecule has 0 radical (unpaired) electrons. The SMILES string of the molecule is Cc1cc(N2Cc3ccccc3C2)ccc1C(=O)O. The average molecular weight is 253 g/mol. The molecular formula is C16H15NO2. The van der Waals surface area contributed by atoms with Crippen LogP contribution in [0, 0.1) is 6.92 Å². The number of anilines is 1. The van der Waals surface area contributed by atoms with Crippen LogP contribution in [0.25, 0.3) is 0 Å². The fourth-order valence-electron chi connectivity index (χ4n) is 2.60. The van der Waals surface area contributed by atoms with Gasteiger partial charge in [0.1, 0.15) is 0 Å². The van der Waals surface area contributed by atoms with E-state index in [1.807, 2.05) is 19.1 Å². The van der Waals surface area contributed by atoms with Gasteiger partial charge in [0.05, 0.1) is 5.56 Å². The molecule has 96 valence electrons. The summed E-state index contributed by atoms with van der Waals surface area (Å²) in [6.45, 7) is 3.63. The molecule has 1 aliphatic heterocycles. The second-order valence-electron chi connectivity index (χ2n) is 4.93. The molecule has 1 N–H and O–H groups in total. The Balaban J connectivity index is 1.90. The first-order valence-electron chi connectivity index (χ1n) is 6.31. The molecule has 0 bridgehead atoms. The number of nitrogens with zero attached hydrogens (tertiary/aromatic N) is 1. The van der Waals surface area contributed by atoms with Crippen molar-refractivity contribution >= 4 is 11.7 Å². The van der Waals surface area contributed by atoms with Gasteiger partial charge in [0.15, 0.2) is 0 Å². The summed E-state index contributed by atoms with van der Waals surface area (Å²) in [6.07, 6.45) is 0. The van der Waals surface area contributed by atoms with Gasteiger partial charge in [-0.25, -0.2) is 4.79 Å². The van der Waals surface area contributed by atoms with Gasteiger partial charge in [-0.1, -0.05) is 24.3 Å². The molecule has 1 aliphatic rings. The van der Waals surface area contributed by atoms with Crippen molar-refractivity contribution in [2.24, 2.45) is 0 Å². The summed E-state index contributed by atoms with van der Waals surface area (Å²) >= 11 is 0. The van der Waals surface area contributed by atoms with E-state index in [2.05, 4.69) is 29.2 Å². The van der Waals surface area contributed by atoms with Gasteiger partial charge in [0, 0.05) is 18.8 Å². The number of fused-ring (bicyclic) bond motifs is 1. The van der Waals surface area contributed by atoms with E-state index in [-0.39, 0.29) is 0 Å². The number of aryl methyl sites for hydroxylation is 1. The summed E-state index contributed by atoms with van der Waals surface area (Å²) in [5.74, 6) is -0.867. The molecule has 2 aromatic carbocycles. The number of rotatable bonds is 2. The van der Waals surface area contributed by atoms with Gasteiger partial charge in [-0.3, -0.25) is 0 Å². The Morgan fingerprint density at radius 1 is 1.11 bits per heavy atom. The quantitative estimate of drug-likeness (QED) is 0.893. The van der Waals surface area contributed by atoms with E-state index in [1.54, 1.807) is 6.07 Å². The summed E-state index contributed by atoms with van der Waals surface area (Å²) < 4.78 is 0. The molecule has 3 heteroatoms. The lowest BCUT2D eigenvalue weighted by Gasteiger charge is -2.18. The number of aromatic carboxylic acids is 1. The van der Waals surface area contributed by atoms with Crippen molar-refractivity contribution in [3.63, 3.8) is 0 Å². The van der Waals surface area contributed by atoms with Crippen LogP contribution in [0.1, 0.15) is 27.0 Å². The number of carboxylic acids is 1. The first-order valence-corrected chi connectivity index (χ1v) is 6.31. The minimum atomic E-state index is -0.867. The van der Waals surface area contributed by atoms with Crippen LogP contribution in [0.4, 0.5) is 5.69 Å². The van der Waals surface area contributed by atoms with Crippen LogP contribution in [0.3, 0.4) is 0 Å². The third-order valence-electron chi connectivity index (χ3n) is 3.65.